The molecule has 224 valence electrons. The Hall–Kier alpha value is -5.41. The Morgan fingerprint density at radius 1 is 0.837 bits per heavy atom. The Morgan fingerprint density at radius 2 is 1.44 bits per heavy atom. The van der Waals surface area contributed by atoms with Crippen LogP contribution < -0.4 is 0 Å². The molecule has 6 aromatic rings. The number of alkyl halides is 6. The number of imidazole rings is 1. The van der Waals surface area contributed by atoms with Gasteiger partial charge in [0.2, 0.25) is 0 Å². The number of rotatable bonds is 3. The van der Waals surface area contributed by atoms with E-state index in [1.807, 2.05) is 41.1 Å². The van der Waals surface area contributed by atoms with Gasteiger partial charge < -0.3 is 19.6 Å². The summed E-state index contributed by atoms with van der Waals surface area (Å²) in [5, 5.41) is 20.0. The molecule has 0 amide bonds. The number of hydrogen-bond donors (Lipinski definition) is 3. The molecular weight excluding hydrogens is 588 g/mol. The summed E-state index contributed by atoms with van der Waals surface area (Å²) in [6, 6.07) is 20.3. The first-order valence-electron chi connectivity index (χ1n) is 12.1. The highest BCUT2D eigenvalue weighted by Crippen LogP contribution is 2.30. The maximum atomic E-state index is 10.6. The van der Waals surface area contributed by atoms with Gasteiger partial charge in [-0.05, 0) is 48.4 Å². The number of carboxylic acids is 2. The summed E-state index contributed by atoms with van der Waals surface area (Å²) in [7, 11) is 0. The van der Waals surface area contributed by atoms with Crippen molar-refractivity contribution in [1.29, 1.82) is 0 Å². The van der Waals surface area contributed by atoms with Crippen molar-refractivity contribution >= 4 is 45.0 Å². The molecule has 0 fully saturated rings. The van der Waals surface area contributed by atoms with Gasteiger partial charge in [0.25, 0.3) is 5.89 Å². The number of oxazole rings is 1. The molecule has 0 aliphatic carbocycles. The number of benzene rings is 3. The summed E-state index contributed by atoms with van der Waals surface area (Å²) in [5.74, 6) is -4.39. The van der Waals surface area contributed by atoms with Crippen molar-refractivity contribution in [2.45, 2.75) is 25.8 Å². The van der Waals surface area contributed by atoms with Crippen LogP contribution in [0.15, 0.2) is 71.3 Å². The summed E-state index contributed by atoms with van der Waals surface area (Å²) < 4.78 is 71.5. The topological polar surface area (TPSA) is 147 Å². The lowest BCUT2D eigenvalue weighted by atomic mass is 10.0. The SMILES string of the molecule is CCn1cc2ccc(-c3ccc4nc(-c5nc6ccccc6[nH]5)oc4c3)cc2n1.O=C(O)C(F)(F)F.O=C(O)C(F)(F)F. The fourth-order valence-corrected chi connectivity index (χ4v) is 3.67. The summed E-state index contributed by atoms with van der Waals surface area (Å²) in [6.07, 6.45) is -8.10. The van der Waals surface area contributed by atoms with E-state index in [0.717, 1.165) is 50.7 Å². The van der Waals surface area contributed by atoms with Crippen molar-refractivity contribution in [3.8, 4) is 22.8 Å². The number of fused-ring (bicyclic) bond motifs is 3. The molecule has 0 saturated carbocycles. The minimum atomic E-state index is -5.08. The summed E-state index contributed by atoms with van der Waals surface area (Å²) in [5.41, 5.74) is 6.55. The van der Waals surface area contributed by atoms with Gasteiger partial charge in [-0.1, -0.05) is 30.3 Å². The maximum absolute atomic E-state index is 10.6. The molecule has 6 rings (SSSR count). The highest BCUT2D eigenvalue weighted by Gasteiger charge is 2.38. The van der Waals surface area contributed by atoms with Crippen LogP contribution in [0.2, 0.25) is 0 Å². The molecule has 0 bridgehead atoms. The second-order valence-corrected chi connectivity index (χ2v) is 8.67. The van der Waals surface area contributed by atoms with E-state index in [9.17, 15) is 26.3 Å². The van der Waals surface area contributed by atoms with E-state index in [2.05, 4.69) is 57.4 Å². The Labute approximate surface area is 236 Å². The van der Waals surface area contributed by atoms with Crippen molar-refractivity contribution in [2.75, 3.05) is 0 Å². The van der Waals surface area contributed by atoms with Gasteiger partial charge in [-0.2, -0.15) is 31.4 Å². The quantitative estimate of drug-likeness (QED) is 0.189. The molecule has 16 heteroatoms. The fraction of sp³-hybridized carbons (Fsp3) is 0.148. The summed E-state index contributed by atoms with van der Waals surface area (Å²) >= 11 is 0. The van der Waals surface area contributed by atoms with Gasteiger partial charge in [-0.3, -0.25) is 4.68 Å². The Bertz CT molecular complexity index is 1870. The predicted octanol–water partition coefficient (Wildman–Crippen LogP) is 6.67. The second-order valence-electron chi connectivity index (χ2n) is 8.67. The van der Waals surface area contributed by atoms with E-state index < -0.39 is 24.3 Å². The molecule has 0 aliphatic rings. The third kappa shape index (κ3) is 7.27. The van der Waals surface area contributed by atoms with E-state index in [1.165, 1.54) is 0 Å². The minimum absolute atomic E-state index is 0.491. The van der Waals surface area contributed by atoms with Crippen LogP contribution >= 0.6 is 0 Å². The number of aliphatic carboxylic acids is 2. The highest BCUT2D eigenvalue weighted by molar-refractivity contribution is 5.87. The molecule has 3 N–H and O–H groups in total. The van der Waals surface area contributed by atoms with Gasteiger partial charge >= 0.3 is 24.3 Å². The number of H-pyrrole nitrogens is 1. The number of nitrogens with zero attached hydrogens (tertiary/aromatic N) is 4. The molecular formula is C27H19F6N5O5. The van der Waals surface area contributed by atoms with Gasteiger partial charge in [0.05, 0.1) is 16.6 Å². The van der Waals surface area contributed by atoms with Crippen molar-refractivity contribution in [2.24, 2.45) is 0 Å². The van der Waals surface area contributed by atoms with Crippen LogP contribution in [-0.2, 0) is 16.1 Å². The smallest absolute Gasteiger partial charge is 0.475 e. The lowest BCUT2D eigenvalue weighted by Gasteiger charge is -2.01. The number of hydrogen-bond acceptors (Lipinski definition) is 6. The molecule has 3 aromatic carbocycles. The third-order valence-corrected chi connectivity index (χ3v) is 5.68. The third-order valence-electron chi connectivity index (χ3n) is 5.68. The minimum Gasteiger partial charge on any atom is -0.475 e. The Kier molecular flexibility index (Phi) is 8.40. The zero-order valence-electron chi connectivity index (χ0n) is 21.7. The Morgan fingerprint density at radius 3 is 2.05 bits per heavy atom. The number of carboxylic acid groups (broad SMARTS) is 2. The standard InChI is InChI=1S/C23H17N5O.2C2HF3O2/c1-2-28-13-16-8-7-14(11-20(16)27-28)15-9-10-19-21(12-15)29-23(26-19)22-24-17-5-3-4-6-18(17)25-22;2*3-2(4,5)1(6)7/h3-13H,2H2,1H3,(H,24,25);2*(H,6,7). The number of para-hydroxylation sites is 2. The van der Waals surface area contributed by atoms with E-state index in [-0.39, 0.29) is 0 Å². The molecule has 0 radical (unpaired) electrons. The van der Waals surface area contributed by atoms with Gasteiger partial charge in [0.15, 0.2) is 11.4 Å². The zero-order valence-corrected chi connectivity index (χ0v) is 21.7. The molecule has 0 unspecified atom stereocenters. The molecule has 43 heavy (non-hydrogen) atoms. The fourth-order valence-electron chi connectivity index (χ4n) is 3.67. The Balaban J connectivity index is 0.000000254. The lowest BCUT2D eigenvalue weighted by Crippen LogP contribution is -2.21. The highest BCUT2D eigenvalue weighted by atomic mass is 19.4. The maximum Gasteiger partial charge on any atom is 0.490 e. The zero-order chi connectivity index (χ0) is 31.5. The van der Waals surface area contributed by atoms with Gasteiger partial charge in [0.1, 0.15) is 5.52 Å². The molecule has 3 heterocycles. The van der Waals surface area contributed by atoms with E-state index in [1.54, 1.807) is 0 Å². The van der Waals surface area contributed by atoms with Gasteiger partial charge in [-0.15, -0.1) is 0 Å². The average molecular weight is 607 g/mol. The lowest BCUT2D eigenvalue weighted by molar-refractivity contribution is -0.193. The van der Waals surface area contributed by atoms with Crippen LogP contribution in [0.5, 0.6) is 0 Å². The normalized spacial score (nSPS) is 11.6. The number of carbonyl (C=O) groups is 2. The summed E-state index contributed by atoms with van der Waals surface area (Å²) in [4.78, 5) is 30.2. The number of nitrogens with one attached hydrogen (secondary N) is 1. The first-order valence-corrected chi connectivity index (χ1v) is 12.1. The van der Waals surface area contributed by atoms with Crippen LogP contribution in [0.3, 0.4) is 0 Å². The van der Waals surface area contributed by atoms with Crippen LogP contribution in [0.25, 0.3) is 55.9 Å². The predicted molar refractivity (Wildman–Crippen MR) is 141 cm³/mol. The monoisotopic (exact) mass is 607 g/mol. The van der Waals surface area contributed by atoms with Crippen molar-refractivity contribution in [3.63, 3.8) is 0 Å². The van der Waals surface area contributed by atoms with Gasteiger partial charge in [0, 0.05) is 18.1 Å². The van der Waals surface area contributed by atoms with Crippen LogP contribution in [0, 0.1) is 0 Å². The number of aromatic nitrogens is 5. The molecule has 0 saturated heterocycles. The van der Waals surface area contributed by atoms with Crippen molar-refractivity contribution in [1.82, 2.24) is 24.7 Å². The number of aryl methyl sites for hydroxylation is 1. The number of halogens is 6. The molecule has 0 aliphatic heterocycles. The van der Waals surface area contributed by atoms with Crippen molar-refractivity contribution in [3.05, 3.63) is 66.9 Å². The van der Waals surface area contributed by atoms with Crippen LogP contribution in [0.4, 0.5) is 26.3 Å². The first kappa shape index (κ1) is 30.5. The van der Waals surface area contributed by atoms with Crippen LogP contribution in [-0.4, -0.2) is 59.2 Å². The molecule has 0 spiro atoms. The summed E-state index contributed by atoms with van der Waals surface area (Å²) in [6.45, 7) is 2.95. The average Bonchev–Trinajstić information content (AvgIpc) is 3.67. The van der Waals surface area contributed by atoms with E-state index >= 15 is 0 Å². The number of aromatic amines is 1. The van der Waals surface area contributed by atoms with Gasteiger partial charge in [-0.25, -0.2) is 19.6 Å². The van der Waals surface area contributed by atoms with E-state index in [0.29, 0.717) is 11.7 Å². The molecule has 0 atom stereocenters. The molecule has 10 nitrogen and oxygen atoms in total. The largest absolute Gasteiger partial charge is 0.490 e. The first-order chi connectivity index (χ1) is 20.2. The second kappa shape index (κ2) is 11.8. The van der Waals surface area contributed by atoms with Crippen LogP contribution in [0.1, 0.15) is 6.92 Å². The van der Waals surface area contributed by atoms with Crippen molar-refractivity contribution < 1.29 is 50.6 Å². The molecule has 3 aromatic heterocycles. The van der Waals surface area contributed by atoms with E-state index in [4.69, 9.17) is 24.2 Å².